The normalized spacial score (nSPS) is 22.5. The summed E-state index contributed by atoms with van der Waals surface area (Å²) in [6, 6.07) is 6.23. The molecule has 2 aliphatic rings. The molecule has 1 aromatic carbocycles. The highest BCUT2D eigenvalue weighted by Gasteiger charge is 2.49. The molecule has 0 radical (unpaired) electrons. The Kier molecular flexibility index (Phi) is 5.23. The maximum atomic E-state index is 12.9. The van der Waals surface area contributed by atoms with Gasteiger partial charge in [0.15, 0.2) is 0 Å². The Balaban J connectivity index is 1.73. The highest BCUT2D eigenvalue weighted by Crippen LogP contribution is 2.31. The Bertz CT molecular complexity index is 717. The van der Waals surface area contributed by atoms with Crippen LogP contribution in [0.1, 0.15) is 38.7 Å². The highest BCUT2D eigenvalue weighted by molar-refractivity contribution is 6.30. The van der Waals surface area contributed by atoms with Gasteiger partial charge < -0.3 is 10.2 Å². The predicted molar refractivity (Wildman–Crippen MR) is 98.6 cm³/mol. The van der Waals surface area contributed by atoms with Crippen LogP contribution in [0.4, 0.5) is 4.79 Å². The summed E-state index contributed by atoms with van der Waals surface area (Å²) < 4.78 is 0. The van der Waals surface area contributed by atoms with Crippen LogP contribution in [0.3, 0.4) is 0 Å². The van der Waals surface area contributed by atoms with E-state index in [1.165, 1.54) is 0 Å². The van der Waals surface area contributed by atoms with Crippen molar-refractivity contribution in [2.75, 3.05) is 19.6 Å². The Morgan fingerprint density at radius 1 is 1.31 bits per heavy atom. The van der Waals surface area contributed by atoms with Crippen molar-refractivity contribution in [3.8, 4) is 0 Å². The molecule has 0 aromatic heterocycles. The van der Waals surface area contributed by atoms with Crippen molar-refractivity contribution in [1.82, 2.24) is 15.1 Å². The Morgan fingerprint density at radius 2 is 1.96 bits per heavy atom. The molecular weight excluding hydrogens is 354 g/mol. The van der Waals surface area contributed by atoms with Crippen LogP contribution < -0.4 is 5.32 Å². The van der Waals surface area contributed by atoms with Crippen LogP contribution in [0.5, 0.6) is 0 Å². The van der Waals surface area contributed by atoms with Crippen molar-refractivity contribution in [3.05, 3.63) is 34.9 Å². The van der Waals surface area contributed by atoms with Crippen LogP contribution in [0.25, 0.3) is 0 Å². The Morgan fingerprint density at radius 3 is 2.54 bits per heavy atom. The number of benzene rings is 1. The molecule has 1 saturated carbocycles. The van der Waals surface area contributed by atoms with E-state index >= 15 is 0 Å². The van der Waals surface area contributed by atoms with E-state index in [1.807, 2.05) is 6.92 Å². The van der Waals surface area contributed by atoms with Gasteiger partial charge in [0.25, 0.3) is 5.91 Å². The first-order valence-corrected chi connectivity index (χ1v) is 9.41. The van der Waals surface area contributed by atoms with Crippen molar-refractivity contribution in [2.24, 2.45) is 5.92 Å². The Labute approximate surface area is 158 Å². The minimum absolute atomic E-state index is 0.178. The number of imide groups is 1. The second kappa shape index (κ2) is 7.27. The van der Waals surface area contributed by atoms with Crippen molar-refractivity contribution >= 4 is 29.4 Å². The summed E-state index contributed by atoms with van der Waals surface area (Å²) >= 11 is 5.90. The number of halogens is 1. The summed E-state index contributed by atoms with van der Waals surface area (Å²) in [6.07, 6.45) is 3.14. The molecule has 0 bridgehead atoms. The molecule has 0 spiro atoms. The number of carbonyl (C=O) groups is 3. The van der Waals surface area contributed by atoms with Crippen LogP contribution in [0, 0.1) is 5.92 Å². The SMILES string of the molecule is CCCN(CC1CC1)C(=O)CN1C(=O)NC(C)(c2ccc(Cl)cc2)C1=O. The zero-order valence-electron chi connectivity index (χ0n) is 15.1. The van der Waals surface area contributed by atoms with Gasteiger partial charge in [0, 0.05) is 18.1 Å². The lowest BCUT2D eigenvalue weighted by Gasteiger charge is -2.25. The standard InChI is InChI=1S/C19H24ClN3O3/c1-3-10-22(11-13-4-5-13)16(24)12-23-17(25)19(2,21-18(23)26)14-6-8-15(20)9-7-14/h6-9,13H,3-5,10-12H2,1-2H3,(H,21,26). The second-order valence-corrected chi connectivity index (χ2v) is 7.67. The van der Waals surface area contributed by atoms with Crippen LogP contribution in [0.15, 0.2) is 24.3 Å². The van der Waals surface area contributed by atoms with Crippen LogP contribution >= 0.6 is 11.6 Å². The molecular formula is C19H24ClN3O3. The molecule has 4 amide bonds. The average molecular weight is 378 g/mol. The molecule has 1 heterocycles. The molecule has 1 aromatic rings. The monoisotopic (exact) mass is 377 g/mol. The van der Waals surface area contributed by atoms with Gasteiger partial charge in [-0.15, -0.1) is 0 Å². The molecule has 26 heavy (non-hydrogen) atoms. The number of nitrogens with one attached hydrogen (secondary N) is 1. The van der Waals surface area contributed by atoms with Crippen molar-refractivity contribution in [3.63, 3.8) is 0 Å². The van der Waals surface area contributed by atoms with Gasteiger partial charge in [-0.1, -0.05) is 30.7 Å². The van der Waals surface area contributed by atoms with Crippen molar-refractivity contribution in [2.45, 2.75) is 38.6 Å². The van der Waals surface area contributed by atoms with Gasteiger partial charge in [-0.3, -0.25) is 14.5 Å². The van der Waals surface area contributed by atoms with E-state index in [9.17, 15) is 14.4 Å². The summed E-state index contributed by atoms with van der Waals surface area (Å²) in [5, 5.41) is 3.27. The fourth-order valence-electron chi connectivity index (χ4n) is 3.25. The first-order valence-electron chi connectivity index (χ1n) is 9.03. The summed E-state index contributed by atoms with van der Waals surface area (Å²) in [5.41, 5.74) is -0.549. The molecule has 7 heteroatoms. The van der Waals surface area contributed by atoms with E-state index in [0.29, 0.717) is 29.6 Å². The van der Waals surface area contributed by atoms with E-state index in [2.05, 4.69) is 5.32 Å². The molecule has 2 fully saturated rings. The third-order valence-electron chi connectivity index (χ3n) is 5.01. The fraction of sp³-hybridized carbons (Fsp3) is 0.526. The lowest BCUT2D eigenvalue weighted by atomic mass is 9.92. The highest BCUT2D eigenvalue weighted by atomic mass is 35.5. The number of amides is 4. The minimum Gasteiger partial charge on any atom is -0.341 e. The minimum atomic E-state index is -1.19. The lowest BCUT2D eigenvalue weighted by molar-refractivity contribution is -0.139. The third-order valence-corrected chi connectivity index (χ3v) is 5.26. The smallest absolute Gasteiger partial charge is 0.325 e. The van der Waals surface area contributed by atoms with Gasteiger partial charge in [-0.25, -0.2) is 4.79 Å². The molecule has 1 N–H and O–H groups in total. The molecule has 1 aliphatic carbocycles. The lowest BCUT2D eigenvalue weighted by Crippen LogP contribution is -2.45. The molecule has 1 atom stereocenters. The third kappa shape index (κ3) is 3.70. The number of rotatable bonds is 7. The van der Waals surface area contributed by atoms with Gasteiger partial charge in [0.2, 0.25) is 5.91 Å². The largest absolute Gasteiger partial charge is 0.341 e. The fourth-order valence-corrected chi connectivity index (χ4v) is 3.38. The zero-order valence-corrected chi connectivity index (χ0v) is 15.9. The number of hydrogen-bond acceptors (Lipinski definition) is 3. The van der Waals surface area contributed by atoms with E-state index in [1.54, 1.807) is 36.1 Å². The maximum absolute atomic E-state index is 12.9. The van der Waals surface area contributed by atoms with Gasteiger partial charge in [0.1, 0.15) is 12.1 Å². The number of hydrogen-bond donors (Lipinski definition) is 1. The van der Waals surface area contributed by atoms with Crippen molar-refractivity contribution in [1.29, 1.82) is 0 Å². The van der Waals surface area contributed by atoms with Gasteiger partial charge in [-0.2, -0.15) is 0 Å². The van der Waals surface area contributed by atoms with E-state index in [4.69, 9.17) is 11.6 Å². The van der Waals surface area contributed by atoms with E-state index < -0.39 is 17.5 Å². The van der Waals surface area contributed by atoms with Crippen LogP contribution in [0.2, 0.25) is 5.02 Å². The number of nitrogens with zero attached hydrogens (tertiary/aromatic N) is 2. The Hall–Kier alpha value is -2.08. The summed E-state index contributed by atoms with van der Waals surface area (Å²) in [4.78, 5) is 40.8. The summed E-state index contributed by atoms with van der Waals surface area (Å²) in [7, 11) is 0. The summed E-state index contributed by atoms with van der Waals surface area (Å²) in [6.45, 7) is 4.80. The molecule has 140 valence electrons. The summed E-state index contributed by atoms with van der Waals surface area (Å²) in [5.74, 6) is -0.0309. The zero-order chi connectivity index (χ0) is 18.9. The topological polar surface area (TPSA) is 69.7 Å². The van der Waals surface area contributed by atoms with Gasteiger partial charge in [-0.05, 0) is 49.8 Å². The first kappa shape index (κ1) is 18.7. The second-order valence-electron chi connectivity index (χ2n) is 7.24. The van der Waals surface area contributed by atoms with Crippen LogP contribution in [-0.4, -0.2) is 47.3 Å². The first-order chi connectivity index (χ1) is 12.3. The maximum Gasteiger partial charge on any atom is 0.325 e. The molecule has 1 saturated heterocycles. The van der Waals surface area contributed by atoms with E-state index in [0.717, 1.165) is 24.2 Å². The predicted octanol–water partition coefficient (Wildman–Crippen LogP) is 2.76. The van der Waals surface area contributed by atoms with Crippen LogP contribution in [-0.2, 0) is 15.1 Å². The number of urea groups is 1. The quantitative estimate of drug-likeness (QED) is 0.743. The molecule has 1 unspecified atom stereocenters. The van der Waals surface area contributed by atoms with E-state index in [-0.39, 0.29) is 12.5 Å². The van der Waals surface area contributed by atoms with Crippen molar-refractivity contribution < 1.29 is 14.4 Å². The molecule has 3 rings (SSSR count). The molecule has 6 nitrogen and oxygen atoms in total. The van der Waals surface area contributed by atoms with Gasteiger partial charge in [0.05, 0.1) is 0 Å². The number of carbonyl (C=O) groups excluding carboxylic acids is 3. The molecule has 1 aliphatic heterocycles. The van der Waals surface area contributed by atoms with Gasteiger partial charge >= 0.3 is 6.03 Å². The average Bonchev–Trinajstić information content (AvgIpc) is 3.39.